The van der Waals surface area contributed by atoms with Crippen LogP contribution in [0, 0.1) is 6.92 Å². The van der Waals surface area contributed by atoms with E-state index in [2.05, 4.69) is 30.5 Å². The minimum atomic E-state index is -4.56. The molecule has 0 amide bonds. The molecule has 148 valence electrons. The summed E-state index contributed by atoms with van der Waals surface area (Å²) in [6.45, 7) is 3.81. The van der Waals surface area contributed by atoms with Gasteiger partial charge >= 0.3 is 6.18 Å². The van der Waals surface area contributed by atoms with Crippen molar-refractivity contribution in [3.63, 3.8) is 0 Å². The number of hydrogen-bond acceptors (Lipinski definition) is 7. The SMILES string of the molecule is Cc1cnc(-c2ccc3nncc(NC(C)c4cnc(C(F)(F)F)nc4)c3c2)s1. The molecule has 0 aliphatic carbocycles. The monoisotopic (exact) mass is 416 g/mol. The average Bonchev–Trinajstić information content (AvgIpc) is 3.14. The molecule has 4 aromatic rings. The van der Waals surface area contributed by atoms with Crippen LogP contribution in [-0.2, 0) is 6.18 Å². The molecule has 0 fully saturated rings. The lowest BCUT2D eigenvalue weighted by Gasteiger charge is -2.17. The van der Waals surface area contributed by atoms with Gasteiger partial charge in [0.25, 0.3) is 0 Å². The first kappa shape index (κ1) is 19.2. The van der Waals surface area contributed by atoms with Crippen LogP contribution in [0.2, 0.25) is 0 Å². The summed E-state index contributed by atoms with van der Waals surface area (Å²) in [5.41, 5.74) is 2.88. The molecule has 0 saturated heterocycles. The van der Waals surface area contributed by atoms with Gasteiger partial charge in [0.15, 0.2) is 0 Å². The smallest absolute Gasteiger partial charge is 0.377 e. The van der Waals surface area contributed by atoms with E-state index < -0.39 is 12.0 Å². The molecule has 3 aromatic heterocycles. The zero-order chi connectivity index (χ0) is 20.6. The van der Waals surface area contributed by atoms with Crippen LogP contribution in [-0.4, -0.2) is 25.1 Å². The summed E-state index contributed by atoms with van der Waals surface area (Å²) in [6.07, 6.45) is 1.19. The molecule has 1 atom stereocenters. The zero-order valence-corrected chi connectivity index (χ0v) is 16.2. The van der Waals surface area contributed by atoms with Crippen molar-refractivity contribution in [2.75, 3.05) is 5.32 Å². The lowest BCUT2D eigenvalue weighted by Crippen LogP contribution is -2.13. The Morgan fingerprint density at radius 1 is 1.03 bits per heavy atom. The van der Waals surface area contributed by atoms with Crippen molar-refractivity contribution >= 4 is 27.9 Å². The molecule has 3 heterocycles. The number of fused-ring (bicyclic) bond motifs is 1. The highest BCUT2D eigenvalue weighted by molar-refractivity contribution is 7.14. The molecule has 6 nitrogen and oxygen atoms in total. The topological polar surface area (TPSA) is 76.5 Å². The Labute approximate surface area is 167 Å². The molecule has 1 N–H and O–H groups in total. The Morgan fingerprint density at radius 2 is 1.79 bits per heavy atom. The highest BCUT2D eigenvalue weighted by Gasteiger charge is 2.34. The molecular weight excluding hydrogens is 401 g/mol. The normalized spacial score (nSPS) is 12.9. The van der Waals surface area contributed by atoms with Crippen molar-refractivity contribution in [2.24, 2.45) is 0 Å². The van der Waals surface area contributed by atoms with Crippen LogP contribution >= 0.6 is 11.3 Å². The van der Waals surface area contributed by atoms with Crippen molar-refractivity contribution in [3.8, 4) is 10.6 Å². The Bertz CT molecular complexity index is 1160. The molecule has 0 aliphatic heterocycles. The minimum absolute atomic E-state index is 0.338. The lowest BCUT2D eigenvalue weighted by molar-refractivity contribution is -0.145. The number of alkyl halides is 3. The maximum Gasteiger partial charge on any atom is 0.451 e. The number of nitrogens with one attached hydrogen (secondary N) is 1. The van der Waals surface area contributed by atoms with Crippen LogP contribution < -0.4 is 5.32 Å². The van der Waals surface area contributed by atoms with Crippen molar-refractivity contribution in [1.29, 1.82) is 0 Å². The summed E-state index contributed by atoms with van der Waals surface area (Å²) in [7, 11) is 0. The first-order chi connectivity index (χ1) is 13.8. The molecule has 0 radical (unpaired) electrons. The predicted octanol–water partition coefficient (Wildman–Crippen LogP) is 5.04. The van der Waals surface area contributed by atoms with Gasteiger partial charge in [0.05, 0.1) is 23.4 Å². The van der Waals surface area contributed by atoms with E-state index in [1.165, 1.54) is 12.4 Å². The van der Waals surface area contributed by atoms with Gasteiger partial charge in [-0.15, -0.1) is 11.3 Å². The van der Waals surface area contributed by atoms with Crippen LogP contribution in [0.5, 0.6) is 0 Å². The van der Waals surface area contributed by atoms with Gasteiger partial charge in [-0.25, -0.2) is 15.0 Å². The van der Waals surface area contributed by atoms with Gasteiger partial charge in [-0.05, 0) is 32.0 Å². The van der Waals surface area contributed by atoms with E-state index in [0.717, 1.165) is 20.8 Å². The van der Waals surface area contributed by atoms with E-state index in [0.29, 0.717) is 16.8 Å². The first-order valence-corrected chi connectivity index (χ1v) is 9.47. The fraction of sp³-hybridized carbons (Fsp3) is 0.211. The molecule has 10 heteroatoms. The van der Waals surface area contributed by atoms with E-state index >= 15 is 0 Å². The number of hydrogen-bond donors (Lipinski definition) is 1. The molecular formula is C19H15F3N6S. The standard InChI is InChI=1S/C19H15F3N6S/c1-10-6-23-17(29-10)12-3-4-15-14(5-12)16(9-26-28-15)27-11(2)13-7-24-18(25-8-13)19(20,21)22/h3-9,11H,1-2H3,(H,27,28). The minimum Gasteiger partial charge on any atom is -0.377 e. The van der Waals surface area contributed by atoms with Crippen LogP contribution in [0.1, 0.15) is 29.2 Å². The summed E-state index contributed by atoms with van der Waals surface area (Å²) < 4.78 is 38.0. The third-order valence-electron chi connectivity index (χ3n) is 4.30. The number of thiazole rings is 1. The molecule has 29 heavy (non-hydrogen) atoms. The Kier molecular flexibility index (Phi) is 4.87. The fourth-order valence-corrected chi connectivity index (χ4v) is 3.58. The molecule has 1 unspecified atom stereocenters. The number of rotatable bonds is 4. The molecule has 4 rings (SSSR count). The third kappa shape index (κ3) is 4.02. The highest BCUT2D eigenvalue weighted by Crippen LogP contribution is 2.31. The number of benzene rings is 1. The van der Waals surface area contributed by atoms with Crippen LogP contribution in [0.15, 0.2) is 43.0 Å². The Balaban J connectivity index is 1.64. The number of nitrogens with zero attached hydrogens (tertiary/aromatic N) is 5. The van der Waals surface area contributed by atoms with Gasteiger partial charge in [0, 0.05) is 40.0 Å². The second-order valence-electron chi connectivity index (χ2n) is 6.47. The van der Waals surface area contributed by atoms with Gasteiger partial charge in [0.1, 0.15) is 5.01 Å². The largest absolute Gasteiger partial charge is 0.451 e. The van der Waals surface area contributed by atoms with Crippen molar-refractivity contribution in [1.82, 2.24) is 25.1 Å². The van der Waals surface area contributed by atoms with Gasteiger partial charge < -0.3 is 5.32 Å². The Hall–Kier alpha value is -3.14. The quantitative estimate of drug-likeness (QED) is 0.502. The fourth-order valence-electron chi connectivity index (χ4n) is 2.82. The lowest BCUT2D eigenvalue weighted by atomic mass is 10.1. The average molecular weight is 416 g/mol. The molecule has 0 bridgehead atoms. The summed E-state index contributed by atoms with van der Waals surface area (Å²) >= 11 is 1.59. The molecule has 1 aromatic carbocycles. The van der Waals surface area contributed by atoms with E-state index in [-0.39, 0.29) is 6.04 Å². The van der Waals surface area contributed by atoms with Crippen molar-refractivity contribution < 1.29 is 13.2 Å². The van der Waals surface area contributed by atoms with Crippen molar-refractivity contribution in [3.05, 3.63) is 59.3 Å². The third-order valence-corrected chi connectivity index (χ3v) is 5.27. The number of anilines is 1. The van der Waals surface area contributed by atoms with E-state index in [9.17, 15) is 13.2 Å². The van der Waals surface area contributed by atoms with Gasteiger partial charge in [-0.2, -0.15) is 23.4 Å². The maximum atomic E-state index is 12.7. The maximum absolute atomic E-state index is 12.7. The van der Waals surface area contributed by atoms with Crippen LogP contribution in [0.3, 0.4) is 0 Å². The first-order valence-electron chi connectivity index (χ1n) is 8.65. The second kappa shape index (κ2) is 7.36. The molecule has 0 aliphatic rings. The highest BCUT2D eigenvalue weighted by atomic mass is 32.1. The van der Waals surface area contributed by atoms with Gasteiger partial charge in [0.2, 0.25) is 5.82 Å². The van der Waals surface area contributed by atoms with E-state index in [1.54, 1.807) is 17.5 Å². The van der Waals surface area contributed by atoms with Crippen LogP contribution in [0.4, 0.5) is 18.9 Å². The summed E-state index contributed by atoms with van der Waals surface area (Å²) in [4.78, 5) is 12.4. The van der Waals surface area contributed by atoms with E-state index in [4.69, 9.17) is 0 Å². The van der Waals surface area contributed by atoms with Gasteiger partial charge in [-0.1, -0.05) is 0 Å². The van der Waals surface area contributed by atoms with Gasteiger partial charge in [-0.3, -0.25) is 0 Å². The predicted molar refractivity (Wildman–Crippen MR) is 104 cm³/mol. The summed E-state index contributed by atoms with van der Waals surface area (Å²) in [5.74, 6) is -1.16. The second-order valence-corrected chi connectivity index (χ2v) is 7.70. The molecule has 0 spiro atoms. The Morgan fingerprint density at radius 3 is 2.45 bits per heavy atom. The van der Waals surface area contributed by atoms with E-state index in [1.807, 2.05) is 38.2 Å². The summed E-state index contributed by atoms with van der Waals surface area (Å²) in [5, 5.41) is 13.2. The number of halogens is 3. The summed E-state index contributed by atoms with van der Waals surface area (Å²) in [6, 6.07) is 5.44. The number of aryl methyl sites for hydroxylation is 1. The number of aromatic nitrogens is 5. The van der Waals surface area contributed by atoms with Crippen molar-refractivity contribution in [2.45, 2.75) is 26.1 Å². The zero-order valence-electron chi connectivity index (χ0n) is 15.4. The molecule has 0 saturated carbocycles. The van der Waals surface area contributed by atoms with Crippen LogP contribution in [0.25, 0.3) is 21.5 Å².